The molecule has 1 atom stereocenters. The fourth-order valence-electron chi connectivity index (χ4n) is 1.29. The Morgan fingerprint density at radius 2 is 1.53 bits per heavy atom. The van der Waals surface area contributed by atoms with E-state index in [1.165, 1.54) is 12.1 Å². The number of benzene rings is 1. The van der Waals surface area contributed by atoms with Crippen LogP contribution in [0, 0.1) is 0 Å². The molecule has 15 heavy (non-hydrogen) atoms. The highest BCUT2D eigenvalue weighted by atomic mass is 19.4. The average molecular weight is 221 g/mol. The fourth-order valence-corrected chi connectivity index (χ4v) is 1.29. The second kappa shape index (κ2) is 3.81. The number of hydrogen-bond donors (Lipinski definition) is 1. The van der Waals surface area contributed by atoms with E-state index in [4.69, 9.17) is 5.73 Å². The molecule has 0 aromatic heterocycles. The molecule has 5 heteroatoms. The van der Waals surface area contributed by atoms with Crippen molar-refractivity contribution in [2.75, 3.05) is 6.54 Å². The van der Waals surface area contributed by atoms with Gasteiger partial charge in [-0.1, -0.05) is 18.2 Å². The lowest BCUT2D eigenvalue weighted by atomic mass is 9.93. The smallest absolute Gasteiger partial charge is 0.327 e. The Balaban J connectivity index is 3.31. The monoisotopic (exact) mass is 221 g/mol. The minimum atomic E-state index is -4.56. The second-order valence-electron chi connectivity index (χ2n) is 3.44. The van der Waals surface area contributed by atoms with E-state index in [0.717, 1.165) is 19.1 Å². The van der Waals surface area contributed by atoms with Gasteiger partial charge in [0.2, 0.25) is 0 Å². The van der Waals surface area contributed by atoms with Gasteiger partial charge in [-0.3, -0.25) is 0 Å². The van der Waals surface area contributed by atoms with Crippen molar-refractivity contribution < 1.29 is 17.6 Å². The van der Waals surface area contributed by atoms with E-state index < -0.39 is 29.5 Å². The summed E-state index contributed by atoms with van der Waals surface area (Å²) in [5.41, 5.74) is 1.56. The molecule has 2 N–H and O–H groups in total. The topological polar surface area (TPSA) is 26.0 Å². The van der Waals surface area contributed by atoms with Crippen molar-refractivity contribution in [3.63, 3.8) is 0 Å². The zero-order chi connectivity index (χ0) is 11.7. The number of rotatable bonds is 2. The van der Waals surface area contributed by atoms with Crippen LogP contribution in [0.5, 0.6) is 0 Å². The van der Waals surface area contributed by atoms with Crippen LogP contribution < -0.4 is 5.73 Å². The van der Waals surface area contributed by atoms with Gasteiger partial charge >= 0.3 is 6.18 Å². The predicted octanol–water partition coefficient (Wildman–Crippen LogP) is 2.85. The molecule has 84 valence electrons. The second-order valence-corrected chi connectivity index (χ2v) is 3.44. The molecule has 0 fully saturated rings. The van der Waals surface area contributed by atoms with E-state index in [-0.39, 0.29) is 0 Å². The molecule has 1 aromatic carbocycles. The van der Waals surface area contributed by atoms with Gasteiger partial charge in [0, 0.05) is 12.1 Å². The third kappa shape index (κ3) is 2.47. The maximum atomic E-state index is 13.7. The lowest BCUT2D eigenvalue weighted by Crippen LogP contribution is -2.29. The highest BCUT2D eigenvalue weighted by Gasteiger charge is 2.38. The summed E-state index contributed by atoms with van der Waals surface area (Å²) in [7, 11) is 0. The molecule has 1 unspecified atom stereocenters. The number of alkyl halides is 4. The zero-order valence-electron chi connectivity index (χ0n) is 8.11. The summed E-state index contributed by atoms with van der Waals surface area (Å²) < 4.78 is 51.2. The van der Waals surface area contributed by atoms with Crippen molar-refractivity contribution >= 4 is 0 Å². The van der Waals surface area contributed by atoms with Crippen LogP contribution in [-0.2, 0) is 11.8 Å². The molecule has 0 bridgehead atoms. The van der Waals surface area contributed by atoms with E-state index in [1.807, 2.05) is 0 Å². The summed E-state index contributed by atoms with van der Waals surface area (Å²) in [6.07, 6.45) is -4.56. The third-order valence-electron chi connectivity index (χ3n) is 2.18. The molecule has 0 aliphatic rings. The Hall–Kier alpha value is -1.10. The molecular weight excluding hydrogens is 210 g/mol. The van der Waals surface area contributed by atoms with Gasteiger partial charge in [-0.25, -0.2) is 4.39 Å². The minimum Gasteiger partial charge on any atom is -0.327 e. The summed E-state index contributed by atoms with van der Waals surface area (Å²) in [5.74, 6) is 0. The van der Waals surface area contributed by atoms with Crippen LogP contribution in [0.3, 0.4) is 0 Å². The Kier molecular flexibility index (Phi) is 3.04. The molecule has 0 amide bonds. The van der Waals surface area contributed by atoms with Crippen LogP contribution in [-0.4, -0.2) is 6.54 Å². The van der Waals surface area contributed by atoms with Crippen LogP contribution in [0.25, 0.3) is 0 Å². The van der Waals surface area contributed by atoms with Gasteiger partial charge in [0.05, 0.1) is 5.56 Å². The van der Waals surface area contributed by atoms with E-state index in [9.17, 15) is 17.6 Å². The molecule has 0 radical (unpaired) electrons. The molecule has 0 spiro atoms. The van der Waals surface area contributed by atoms with Gasteiger partial charge in [-0.2, -0.15) is 13.2 Å². The third-order valence-corrected chi connectivity index (χ3v) is 2.18. The van der Waals surface area contributed by atoms with Crippen LogP contribution in [0.15, 0.2) is 24.3 Å². The lowest BCUT2D eigenvalue weighted by Gasteiger charge is -2.22. The van der Waals surface area contributed by atoms with E-state index >= 15 is 0 Å². The SMILES string of the molecule is CC(F)(CN)c1ccccc1C(F)(F)F. The zero-order valence-corrected chi connectivity index (χ0v) is 8.11. The van der Waals surface area contributed by atoms with Crippen LogP contribution in [0.4, 0.5) is 17.6 Å². The van der Waals surface area contributed by atoms with Crippen molar-refractivity contribution in [1.82, 2.24) is 0 Å². The maximum Gasteiger partial charge on any atom is 0.416 e. The Morgan fingerprint density at radius 1 is 1.07 bits per heavy atom. The van der Waals surface area contributed by atoms with Crippen LogP contribution >= 0.6 is 0 Å². The van der Waals surface area contributed by atoms with E-state index in [0.29, 0.717) is 0 Å². The van der Waals surface area contributed by atoms with Gasteiger partial charge in [-0.15, -0.1) is 0 Å². The van der Waals surface area contributed by atoms with Crippen molar-refractivity contribution in [2.24, 2.45) is 5.73 Å². The standard InChI is InChI=1S/C10H11F4N/c1-9(11,6-15)7-4-2-3-5-8(7)10(12,13)14/h2-5H,6,15H2,1H3. The van der Waals surface area contributed by atoms with E-state index in [1.54, 1.807) is 0 Å². The molecule has 0 heterocycles. The highest BCUT2D eigenvalue weighted by molar-refractivity contribution is 5.34. The summed E-state index contributed by atoms with van der Waals surface area (Å²) in [5, 5.41) is 0. The highest BCUT2D eigenvalue weighted by Crippen LogP contribution is 2.37. The van der Waals surface area contributed by atoms with Crippen molar-refractivity contribution in [3.8, 4) is 0 Å². The van der Waals surface area contributed by atoms with Crippen LogP contribution in [0.2, 0.25) is 0 Å². The first-order chi connectivity index (χ1) is 6.79. The Morgan fingerprint density at radius 3 is 1.93 bits per heavy atom. The minimum absolute atomic E-state index is 0.417. The molecule has 0 aliphatic heterocycles. The Bertz CT molecular complexity index is 344. The molecule has 1 nitrogen and oxygen atoms in total. The molecule has 1 rings (SSSR count). The lowest BCUT2D eigenvalue weighted by molar-refractivity contribution is -0.139. The van der Waals surface area contributed by atoms with Gasteiger partial charge in [-0.05, 0) is 13.0 Å². The normalized spacial score (nSPS) is 16.1. The number of nitrogens with two attached hydrogens (primary N) is 1. The van der Waals surface area contributed by atoms with Gasteiger partial charge in [0.15, 0.2) is 0 Å². The van der Waals surface area contributed by atoms with Crippen LogP contribution in [0.1, 0.15) is 18.1 Å². The summed E-state index contributed by atoms with van der Waals surface area (Å²) in [6, 6.07) is 4.54. The number of halogens is 4. The number of hydrogen-bond acceptors (Lipinski definition) is 1. The first-order valence-electron chi connectivity index (χ1n) is 4.35. The fraction of sp³-hybridized carbons (Fsp3) is 0.400. The van der Waals surface area contributed by atoms with Gasteiger partial charge < -0.3 is 5.73 Å². The van der Waals surface area contributed by atoms with Gasteiger partial charge in [0.1, 0.15) is 5.67 Å². The first-order valence-corrected chi connectivity index (χ1v) is 4.35. The maximum absolute atomic E-state index is 13.7. The van der Waals surface area contributed by atoms with Gasteiger partial charge in [0.25, 0.3) is 0 Å². The first kappa shape index (κ1) is 12.0. The van der Waals surface area contributed by atoms with Crippen molar-refractivity contribution in [2.45, 2.75) is 18.8 Å². The summed E-state index contributed by atoms with van der Waals surface area (Å²) in [6.45, 7) is 0.553. The molecule has 0 saturated carbocycles. The average Bonchev–Trinajstić information content (AvgIpc) is 2.16. The molecule has 0 aliphatic carbocycles. The van der Waals surface area contributed by atoms with Crippen molar-refractivity contribution in [3.05, 3.63) is 35.4 Å². The molecule has 0 saturated heterocycles. The van der Waals surface area contributed by atoms with Crippen molar-refractivity contribution in [1.29, 1.82) is 0 Å². The predicted molar refractivity (Wildman–Crippen MR) is 49.0 cm³/mol. The quantitative estimate of drug-likeness (QED) is 0.763. The molecule has 1 aromatic rings. The summed E-state index contributed by atoms with van der Waals surface area (Å²) in [4.78, 5) is 0. The summed E-state index contributed by atoms with van der Waals surface area (Å²) >= 11 is 0. The van der Waals surface area contributed by atoms with E-state index in [2.05, 4.69) is 0 Å². The molecular formula is C10H11F4N. The largest absolute Gasteiger partial charge is 0.416 e. The Labute approximate surface area is 84.9 Å².